The summed E-state index contributed by atoms with van der Waals surface area (Å²) in [5.74, 6) is 0.874. The number of fused-ring (bicyclic) bond motifs is 1. The SMILES string of the molecule is CN(CCCNc1cc(-c2ccccc2Cl)nc2c(Br)cnn12)Cc1ccccc1Cl. The van der Waals surface area contributed by atoms with Crippen LogP contribution in [-0.2, 0) is 6.54 Å². The third kappa shape index (κ3) is 5.21. The van der Waals surface area contributed by atoms with Gasteiger partial charge in [-0.05, 0) is 53.6 Å². The molecule has 160 valence electrons. The van der Waals surface area contributed by atoms with Gasteiger partial charge in [0.2, 0.25) is 0 Å². The predicted octanol–water partition coefficient (Wildman–Crippen LogP) is 6.40. The number of benzene rings is 2. The second kappa shape index (κ2) is 10.0. The number of hydrogen-bond donors (Lipinski definition) is 1. The molecule has 0 amide bonds. The van der Waals surface area contributed by atoms with Crippen LogP contribution in [0.25, 0.3) is 16.9 Å². The predicted molar refractivity (Wildman–Crippen MR) is 132 cm³/mol. The summed E-state index contributed by atoms with van der Waals surface area (Å²) in [6, 6.07) is 17.7. The molecule has 2 aromatic carbocycles. The molecule has 0 spiro atoms. The van der Waals surface area contributed by atoms with Crippen LogP contribution in [0.5, 0.6) is 0 Å². The van der Waals surface area contributed by atoms with Gasteiger partial charge in [-0.15, -0.1) is 0 Å². The molecule has 0 atom stereocenters. The van der Waals surface area contributed by atoms with E-state index >= 15 is 0 Å². The van der Waals surface area contributed by atoms with Crippen molar-refractivity contribution in [2.75, 3.05) is 25.5 Å². The quantitative estimate of drug-likeness (QED) is 0.274. The third-order valence-corrected chi connectivity index (χ3v) is 6.26. The Morgan fingerprint density at radius 1 is 1.06 bits per heavy atom. The maximum atomic E-state index is 6.41. The Morgan fingerprint density at radius 3 is 2.58 bits per heavy atom. The van der Waals surface area contributed by atoms with Crippen LogP contribution in [0.15, 0.2) is 65.3 Å². The molecule has 0 fully saturated rings. The third-order valence-electron chi connectivity index (χ3n) is 5.00. The van der Waals surface area contributed by atoms with E-state index in [1.807, 2.05) is 48.5 Å². The van der Waals surface area contributed by atoms with Crippen LogP contribution < -0.4 is 5.32 Å². The Balaban J connectivity index is 1.45. The van der Waals surface area contributed by atoms with Crippen molar-refractivity contribution in [3.8, 4) is 11.3 Å². The summed E-state index contributed by atoms with van der Waals surface area (Å²) in [5.41, 5.74) is 3.58. The molecule has 0 unspecified atom stereocenters. The van der Waals surface area contributed by atoms with Crippen molar-refractivity contribution in [1.29, 1.82) is 0 Å². The molecule has 31 heavy (non-hydrogen) atoms. The average molecular weight is 519 g/mol. The van der Waals surface area contributed by atoms with Crippen molar-refractivity contribution in [3.63, 3.8) is 0 Å². The molecule has 2 heterocycles. The van der Waals surface area contributed by atoms with E-state index in [0.29, 0.717) is 5.02 Å². The van der Waals surface area contributed by atoms with Crippen molar-refractivity contribution in [2.45, 2.75) is 13.0 Å². The van der Waals surface area contributed by atoms with Gasteiger partial charge in [0.15, 0.2) is 5.65 Å². The van der Waals surface area contributed by atoms with Crippen molar-refractivity contribution >= 4 is 50.6 Å². The van der Waals surface area contributed by atoms with Crippen LogP contribution in [0, 0.1) is 0 Å². The first-order valence-corrected chi connectivity index (χ1v) is 11.5. The summed E-state index contributed by atoms with van der Waals surface area (Å²) in [6.45, 7) is 2.56. The van der Waals surface area contributed by atoms with E-state index in [0.717, 1.165) is 63.8 Å². The molecular weight excluding hydrogens is 497 g/mol. The highest BCUT2D eigenvalue weighted by molar-refractivity contribution is 9.10. The lowest BCUT2D eigenvalue weighted by molar-refractivity contribution is 0.325. The molecule has 0 aliphatic carbocycles. The molecule has 8 heteroatoms. The van der Waals surface area contributed by atoms with Gasteiger partial charge in [-0.3, -0.25) is 0 Å². The van der Waals surface area contributed by atoms with E-state index in [4.69, 9.17) is 28.2 Å². The Morgan fingerprint density at radius 2 is 1.81 bits per heavy atom. The number of halogens is 3. The zero-order valence-corrected chi connectivity index (χ0v) is 20.1. The largest absolute Gasteiger partial charge is 0.370 e. The minimum absolute atomic E-state index is 0.669. The molecular formula is C23H22BrCl2N5. The zero-order valence-electron chi connectivity index (χ0n) is 17.0. The fourth-order valence-electron chi connectivity index (χ4n) is 3.43. The lowest BCUT2D eigenvalue weighted by Gasteiger charge is -2.18. The molecule has 0 saturated heterocycles. The van der Waals surface area contributed by atoms with Crippen LogP contribution in [0.2, 0.25) is 10.0 Å². The average Bonchev–Trinajstić information content (AvgIpc) is 3.14. The van der Waals surface area contributed by atoms with Gasteiger partial charge in [0.1, 0.15) is 5.82 Å². The lowest BCUT2D eigenvalue weighted by Crippen LogP contribution is -2.21. The van der Waals surface area contributed by atoms with Crippen molar-refractivity contribution in [1.82, 2.24) is 19.5 Å². The maximum absolute atomic E-state index is 6.41. The van der Waals surface area contributed by atoms with Crippen LogP contribution in [-0.4, -0.2) is 39.6 Å². The van der Waals surface area contributed by atoms with Crippen LogP contribution in [0.4, 0.5) is 5.82 Å². The Kier molecular flexibility index (Phi) is 7.13. The van der Waals surface area contributed by atoms with E-state index in [1.165, 1.54) is 0 Å². The van der Waals surface area contributed by atoms with Crippen LogP contribution in [0.3, 0.4) is 0 Å². The maximum Gasteiger partial charge on any atom is 0.172 e. The number of nitrogens with one attached hydrogen (secondary N) is 1. The summed E-state index contributed by atoms with van der Waals surface area (Å²) in [7, 11) is 2.11. The second-order valence-corrected chi connectivity index (χ2v) is 9.01. The number of aromatic nitrogens is 3. The fraction of sp³-hybridized carbons (Fsp3) is 0.217. The molecule has 1 N–H and O–H groups in total. The zero-order chi connectivity index (χ0) is 21.8. The first-order chi connectivity index (χ1) is 15.0. The monoisotopic (exact) mass is 517 g/mol. The van der Waals surface area contributed by atoms with E-state index < -0.39 is 0 Å². The molecule has 2 aromatic heterocycles. The fourth-order valence-corrected chi connectivity index (χ4v) is 4.21. The molecule has 4 aromatic rings. The summed E-state index contributed by atoms with van der Waals surface area (Å²) in [5, 5.41) is 9.42. The van der Waals surface area contributed by atoms with Gasteiger partial charge in [0, 0.05) is 34.8 Å². The van der Waals surface area contributed by atoms with Gasteiger partial charge in [-0.1, -0.05) is 59.6 Å². The molecule has 0 aliphatic rings. The number of anilines is 1. The highest BCUT2D eigenvalue weighted by Gasteiger charge is 2.13. The second-order valence-electron chi connectivity index (χ2n) is 7.34. The highest BCUT2D eigenvalue weighted by Crippen LogP contribution is 2.30. The standard InChI is InChI=1S/C23H22BrCl2N5/c1-30(15-16-7-2-4-9-19(16)25)12-6-11-27-22-13-21(17-8-3-5-10-20(17)26)29-23-18(24)14-28-31(22)23/h2-5,7-10,13-14,27H,6,11-12,15H2,1H3. The molecule has 0 aliphatic heterocycles. The van der Waals surface area contributed by atoms with Crippen LogP contribution >= 0.6 is 39.1 Å². The molecule has 0 saturated carbocycles. The Hall–Kier alpha value is -2.12. The Labute approximate surface area is 200 Å². The normalized spacial score (nSPS) is 11.4. The number of nitrogens with zero attached hydrogens (tertiary/aromatic N) is 4. The van der Waals surface area contributed by atoms with Crippen LogP contribution in [0.1, 0.15) is 12.0 Å². The van der Waals surface area contributed by atoms with E-state index in [9.17, 15) is 0 Å². The summed E-state index contributed by atoms with van der Waals surface area (Å²) in [4.78, 5) is 7.02. The van der Waals surface area contributed by atoms with E-state index in [1.54, 1.807) is 10.7 Å². The highest BCUT2D eigenvalue weighted by atomic mass is 79.9. The molecule has 5 nitrogen and oxygen atoms in total. The van der Waals surface area contributed by atoms with Gasteiger partial charge in [0.25, 0.3) is 0 Å². The van der Waals surface area contributed by atoms with Gasteiger partial charge in [-0.25, -0.2) is 4.98 Å². The first kappa shape index (κ1) is 22.1. The molecule has 4 rings (SSSR count). The van der Waals surface area contributed by atoms with Crippen molar-refractivity contribution in [3.05, 3.63) is 80.9 Å². The van der Waals surface area contributed by atoms with E-state index in [-0.39, 0.29) is 0 Å². The first-order valence-electron chi connectivity index (χ1n) is 9.98. The summed E-state index contributed by atoms with van der Waals surface area (Å²) in [6.07, 6.45) is 2.72. The van der Waals surface area contributed by atoms with E-state index in [2.05, 4.69) is 44.4 Å². The Bertz CT molecular complexity index is 1190. The molecule has 0 bridgehead atoms. The summed E-state index contributed by atoms with van der Waals surface area (Å²) >= 11 is 16.2. The summed E-state index contributed by atoms with van der Waals surface area (Å²) < 4.78 is 2.64. The van der Waals surface area contributed by atoms with Gasteiger partial charge in [-0.2, -0.15) is 9.61 Å². The van der Waals surface area contributed by atoms with Crippen molar-refractivity contribution < 1.29 is 0 Å². The van der Waals surface area contributed by atoms with Gasteiger partial charge < -0.3 is 10.2 Å². The van der Waals surface area contributed by atoms with Crippen molar-refractivity contribution in [2.24, 2.45) is 0 Å². The van der Waals surface area contributed by atoms with Gasteiger partial charge >= 0.3 is 0 Å². The smallest absolute Gasteiger partial charge is 0.172 e. The number of rotatable bonds is 8. The minimum Gasteiger partial charge on any atom is -0.370 e. The van der Waals surface area contributed by atoms with Gasteiger partial charge in [0.05, 0.1) is 16.4 Å². The number of hydrogen-bond acceptors (Lipinski definition) is 4. The topological polar surface area (TPSA) is 45.5 Å². The molecule has 0 radical (unpaired) electrons. The lowest BCUT2D eigenvalue weighted by atomic mass is 10.1. The minimum atomic E-state index is 0.669.